The number of nitrogens with zero attached hydrogens (tertiary/aromatic N) is 2. The molecule has 0 radical (unpaired) electrons. The van der Waals surface area contributed by atoms with Crippen LogP contribution >= 0.6 is 12.4 Å². The van der Waals surface area contributed by atoms with Crippen LogP contribution in [0.25, 0.3) is 0 Å². The number of amides is 1. The van der Waals surface area contributed by atoms with E-state index in [4.69, 9.17) is 10.5 Å². The molecule has 0 unspecified atom stereocenters. The van der Waals surface area contributed by atoms with Crippen molar-refractivity contribution in [3.63, 3.8) is 0 Å². The van der Waals surface area contributed by atoms with E-state index in [0.29, 0.717) is 49.7 Å². The van der Waals surface area contributed by atoms with Crippen LogP contribution in [0.4, 0.5) is 14.9 Å². The maximum Gasteiger partial charge on any atom is 0.409 e. The third kappa shape index (κ3) is 3.98. The van der Waals surface area contributed by atoms with Gasteiger partial charge in [0.15, 0.2) is 0 Å². The Labute approximate surface area is 153 Å². The highest BCUT2D eigenvalue weighted by Gasteiger charge is 2.39. The molecule has 3 rings (SSSR count). The first-order valence-corrected chi connectivity index (χ1v) is 8.24. The number of likely N-dealkylation sites (tertiary alicyclic amines) is 1. The number of benzene rings is 1. The number of carbonyl (C=O) groups excluding carboxylic acids is 1. The Morgan fingerprint density at radius 1 is 1.44 bits per heavy atom. The highest BCUT2D eigenvalue weighted by Crippen LogP contribution is 2.35. The van der Waals surface area contributed by atoms with Crippen molar-refractivity contribution in [3.8, 4) is 0 Å². The van der Waals surface area contributed by atoms with E-state index in [2.05, 4.69) is 10.3 Å². The molecule has 1 aromatic rings. The molecule has 2 aliphatic rings. The summed E-state index contributed by atoms with van der Waals surface area (Å²) < 4.78 is 19.2. The van der Waals surface area contributed by atoms with Gasteiger partial charge in [-0.1, -0.05) is 19.9 Å². The molecule has 138 valence electrons. The van der Waals surface area contributed by atoms with E-state index in [1.807, 2.05) is 13.8 Å². The molecule has 1 aromatic carbocycles. The minimum Gasteiger partial charge on any atom is -0.449 e. The highest BCUT2D eigenvalue weighted by molar-refractivity contribution is 6.04. The smallest absolute Gasteiger partial charge is 0.409 e. The van der Waals surface area contributed by atoms with Gasteiger partial charge in [0.2, 0.25) is 0 Å². The first-order valence-electron chi connectivity index (χ1n) is 8.24. The number of amidine groups is 1. The molecule has 8 heteroatoms. The summed E-state index contributed by atoms with van der Waals surface area (Å²) in [6.07, 6.45) is 0.902. The van der Waals surface area contributed by atoms with Crippen LogP contribution in [0.2, 0.25) is 0 Å². The maximum absolute atomic E-state index is 13.9. The van der Waals surface area contributed by atoms with E-state index >= 15 is 0 Å². The van der Waals surface area contributed by atoms with Gasteiger partial charge in [-0.2, -0.15) is 0 Å². The Hall–Kier alpha value is -2.02. The molecule has 0 saturated carbocycles. The maximum atomic E-state index is 13.9. The van der Waals surface area contributed by atoms with Crippen molar-refractivity contribution in [1.82, 2.24) is 4.90 Å². The number of nitrogens with two attached hydrogens (primary N) is 1. The Bertz CT molecular complexity index is 673. The zero-order valence-corrected chi connectivity index (χ0v) is 15.2. The van der Waals surface area contributed by atoms with Crippen molar-refractivity contribution in [2.45, 2.75) is 32.4 Å². The van der Waals surface area contributed by atoms with E-state index in [0.717, 1.165) is 0 Å². The molecule has 1 fully saturated rings. The Morgan fingerprint density at radius 2 is 2.12 bits per heavy atom. The number of hydrogen-bond donors (Lipinski definition) is 2. The molecule has 2 heterocycles. The quantitative estimate of drug-likeness (QED) is 0.838. The van der Waals surface area contributed by atoms with Crippen LogP contribution < -0.4 is 11.1 Å². The van der Waals surface area contributed by atoms with Crippen LogP contribution in [0.5, 0.6) is 0 Å². The molecule has 25 heavy (non-hydrogen) atoms. The number of halogens is 2. The van der Waals surface area contributed by atoms with Gasteiger partial charge < -0.3 is 20.7 Å². The number of anilines is 1. The largest absolute Gasteiger partial charge is 0.449 e. The highest BCUT2D eigenvalue weighted by atomic mass is 35.5. The summed E-state index contributed by atoms with van der Waals surface area (Å²) >= 11 is 0. The summed E-state index contributed by atoms with van der Waals surface area (Å²) in [5.74, 6) is 0.129. The topological polar surface area (TPSA) is 80.0 Å². The number of nitrogens with one attached hydrogen (secondary N) is 1. The molecule has 3 N–H and O–H groups in total. The van der Waals surface area contributed by atoms with E-state index in [1.165, 1.54) is 6.07 Å². The Kier molecular flexibility index (Phi) is 5.77. The van der Waals surface area contributed by atoms with Crippen LogP contribution in [0.15, 0.2) is 23.2 Å². The van der Waals surface area contributed by atoms with E-state index in [9.17, 15) is 9.18 Å². The number of rotatable bonds is 2. The lowest BCUT2D eigenvalue weighted by Crippen LogP contribution is -2.52. The molecule has 0 aromatic heterocycles. The average Bonchev–Trinajstić information content (AvgIpc) is 2.53. The first kappa shape index (κ1) is 19.3. The molecule has 0 aliphatic carbocycles. The molecule has 0 atom stereocenters. The summed E-state index contributed by atoms with van der Waals surface area (Å²) in [7, 11) is 0. The van der Waals surface area contributed by atoms with Crippen molar-refractivity contribution < 1.29 is 13.9 Å². The number of hydrogen-bond acceptors (Lipinski definition) is 5. The SMILES string of the molecule is CC(C)COC(=O)N1CCC2(CC1)N=C(N)c1c(F)cccc1N2.Cl. The van der Waals surface area contributed by atoms with Crippen molar-refractivity contribution in [1.29, 1.82) is 0 Å². The molecule has 0 bridgehead atoms. The molecule has 2 aliphatic heterocycles. The summed E-state index contributed by atoms with van der Waals surface area (Å²) in [5, 5.41) is 3.31. The zero-order valence-electron chi connectivity index (χ0n) is 14.4. The Morgan fingerprint density at radius 3 is 2.76 bits per heavy atom. The van der Waals surface area contributed by atoms with Crippen LogP contribution in [-0.4, -0.2) is 42.2 Å². The summed E-state index contributed by atoms with van der Waals surface area (Å²) in [4.78, 5) is 18.2. The number of piperidine rings is 1. The predicted octanol–water partition coefficient (Wildman–Crippen LogP) is 2.96. The molecule has 1 saturated heterocycles. The molecular weight excluding hydrogens is 347 g/mol. The molecule has 1 amide bonds. The second-order valence-corrected chi connectivity index (χ2v) is 6.77. The van der Waals surface area contributed by atoms with Gasteiger partial charge >= 0.3 is 6.09 Å². The molecule has 6 nitrogen and oxygen atoms in total. The number of aliphatic imine (C=N–C) groups is 1. The van der Waals surface area contributed by atoms with Gasteiger partial charge in [-0.15, -0.1) is 12.4 Å². The van der Waals surface area contributed by atoms with Crippen LogP contribution in [0.3, 0.4) is 0 Å². The lowest BCUT2D eigenvalue weighted by atomic mass is 9.94. The fourth-order valence-electron chi connectivity index (χ4n) is 3.08. The number of ether oxygens (including phenoxy) is 1. The van der Waals surface area contributed by atoms with E-state index < -0.39 is 5.66 Å². The van der Waals surface area contributed by atoms with Gasteiger partial charge in [0.25, 0.3) is 0 Å². The van der Waals surface area contributed by atoms with Gasteiger partial charge in [0.05, 0.1) is 12.2 Å². The van der Waals surface area contributed by atoms with Crippen molar-refractivity contribution in [2.75, 3.05) is 25.0 Å². The molecular formula is C17H24ClFN4O2. The zero-order chi connectivity index (χ0) is 17.3. The van der Waals surface area contributed by atoms with Crippen molar-refractivity contribution >= 4 is 30.0 Å². The van der Waals surface area contributed by atoms with Crippen LogP contribution in [-0.2, 0) is 4.74 Å². The first-order chi connectivity index (χ1) is 11.4. The van der Waals surface area contributed by atoms with Gasteiger partial charge in [-0.05, 0) is 18.1 Å². The third-order valence-electron chi connectivity index (χ3n) is 4.36. The normalized spacial score (nSPS) is 18.1. The fraction of sp³-hybridized carbons (Fsp3) is 0.529. The lowest BCUT2D eigenvalue weighted by molar-refractivity contribution is 0.0780. The standard InChI is InChI=1S/C17H23FN4O2.ClH/c1-11(2)10-24-16(23)22-8-6-17(7-9-22)20-13-5-3-4-12(18)14(13)15(19)21-17;/h3-5,11,20H,6-10H2,1-2H3,(H2,19,21);1H. The number of fused-ring (bicyclic) bond motifs is 1. The second-order valence-electron chi connectivity index (χ2n) is 6.77. The second kappa shape index (κ2) is 7.47. The summed E-state index contributed by atoms with van der Waals surface area (Å²) in [6, 6.07) is 4.81. The third-order valence-corrected chi connectivity index (χ3v) is 4.36. The van der Waals surface area contributed by atoms with Gasteiger partial charge in [-0.3, -0.25) is 0 Å². The van der Waals surface area contributed by atoms with Crippen molar-refractivity contribution in [2.24, 2.45) is 16.6 Å². The van der Waals surface area contributed by atoms with Crippen LogP contribution in [0.1, 0.15) is 32.3 Å². The fourth-order valence-corrected chi connectivity index (χ4v) is 3.08. The molecule has 1 spiro atoms. The number of carbonyl (C=O) groups is 1. The summed E-state index contributed by atoms with van der Waals surface area (Å²) in [6.45, 7) is 5.45. The van der Waals surface area contributed by atoms with Crippen molar-refractivity contribution in [3.05, 3.63) is 29.6 Å². The summed E-state index contributed by atoms with van der Waals surface area (Å²) in [5.41, 5.74) is 6.38. The van der Waals surface area contributed by atoms with E-state index in [-0.39, 0.29) is 30.2 Å². The average molecular weight is 371 g/mol. The van der Waals surface area contributed by atoms with E-state index in [1.54, 1.807) is 17.0 Å². The predicted molar refractivity (Wildman–Crippen MR) is 97.7 cm³/mol. The minimum atomic E-state index is -0.584. The van der Waals surface area contributed by atoms with Crippen LogP contribution in [0, 0.1) is 11.7 Å². The minimum absolute atomic E-state index is 0. The van der Waals surface area contributed by atoms with Gasteiger partial charge in [0, 0.05) is 31.6 Å². The van der Waals surface area contributed by atoms with Gasteiger partial charge in [-0.25, -0.2) is 14.2 Å². The van der Waals surface area contributed by atoms with Gasteiger partial charge in [0.1, 0.15) is 17.3 Å². The Balaban J connectivity index is 0.00000225. The lowest BCUT2D eigenvalue weighted by Gasteiger charge is -2.42. The monoisotopic (exact) mass is 370 g/mol.